The molecule has 1 heterocycles. The Kier molecular flexibility index (Phi) is 5.35. The van der Waals surface area contributed by atoms with Gasteiger partial charge in [0.05, 0.1) is 10.6 Å². The fraction of sp³-hybridized carbons (Fsp3) is 0.500. The van der Waals surface area contributed by atoms with Crippen LogP contribution in [0.15, 0.2) is 32.7 Å². The van der Waals surface area contributed by atoms with Crippen molar-refractivity contribution in [2.45, 2.75) is 41.8 Å². The first-order valence-corrected chi connectivity index (χ1v) is 10.5. The number of aromatic nitrogens is 1. The standard InChI is InChI=1S/C16H21N3O4S2/c1-19(2)25(21,22)12-7-8-14-13(9-12)18-16(23-14)24-10-15(20)17-11-5-3-4-6-11/h7-9,11H,3-6,10H2,1-2H3,(H,17,20). The summed E-state index contributed by atoms with van der Waals surface area (Å²) in [5.74, 6) is 0.196. The number of oxazole rings is 1. The molecule has 1 aliphatic rings. The van der Waals surface area contributed by atoms with E-state index in [9.17, 15) is 13.2 Å². The van der Waals surface area contributed by atoms with Gasteiger partial charge in [0.15, 0.2) is 5.58 Å². The summed E-state index contributed by atoms with van der Waals surface area (Å²) in [6, 6.07) is 4.85. The van der Waals surface area contributed by atoms with Crippen molar-refractivity contribution in [3.63, 3.8) is 0 Å². The molecule has 0 bridgehead atoms. The number of nitrogens with one attached hydrogen (secondary N) is 1. The predicted octanol–water partition coefficient (Wildman–Crippen LogP) is 2.23. The third-order valence-corrected chi connectivity index (χ3v) is 6.80. The summed E-state index contributed by atoms with van der Waals surface area (Å²) >= 11 is 1.21. The number of carbonyl (C=O) groups excluding carboxylic acids is 1. The smallest absolute Gasteiger partial charge is 0.257 e. The lowest BCUT2D eigenvalue weighted by Crippen LogP contribution is -2.33. The monoisotopic (exact) mass is 383 g/mol. The van der Waals surface area contributed by atoms with Crippen molar-refractivity contribution < 1.29 is 17.6 Å². The Labute approximate surface area is 151 Å². The lowest BCUT2D eigenvalue weighted by molar-refractivity contribution is -0.119. The van der Waals surface area contributed by atoms with Gasteiger partial charge >= 0.3 is 0 Å². The number of carbonyl (C=O) groups is 1. The topological polar surface area (TPSA) is 92.5 Å². The zero-order valence-electron chi connectivity index (χ0n) is 14.2. The number of amides is 1. The molecule has 1 fully saturated rings. The van der Waals surface area contributed by atoms with E-state index in [4.69, 9.17) is 4.42 Å². The Morgan fingerprint density at radius 2 is 2.08 bits per heavy atom. The van der Waals surface area contributed by atoms with Gasteiger partial charge in [0.1, 0.15) is 5.52 Å². The summed E-state index contributed by atoms with van der Waals surface area (Å²) < 4.78 is 31.1. The summed E-state index contributed by atoms with van der Waals surface area (Å²) in [6.45, 7) is 0. The van der Waals surface area contributed by atoms with Crippen molar-refractivity contribution in [1.29, 1.82) is 0 Å². The van der Waals surface area contributed by atoms with Crippen molar-refractivity contribution in [1.82, 2.24) is 14.6 Å². The molecule has 1 amide bonds. The molecular formula is C16H21N3O4S2. The second-order valence-corrected chi connectivity index (χ2v) is 9.31. The maximum absolute atomic E-state index is 12.2. The van der Waals surface area contributed by atoms with Gasteiger partial charge in [-0.2, -0.15) is 0 Å². The number of fused-ring (bicyclic) bond motifs is 1. The first-order chi connectivity index (χ1) is 11.9. The molecule has 0 spiro atoms. The summed E-state index contributed by atoms with van der Waals surface area (Å²) in [5.41, 5.74) is 0.957. The highest BCUT2D eigenvalue weighted by molar-refractivity contribution is 7.99. The number of thioether (sulfide) groups is 1. The Bertz CT molecular complexity index is 871. The van der Waals surface area contributed by atoms with Crippen molar-refractivity contribution in [2.24, 2.45) is 0 Å². The van der Waals surface area contributed by atoms with Gasteiger partial charge in [-0.15, -0.1) is 0 Å². The number of nitrogens with zero attached hydrogens (tertiary/aromatic N) is 2. The molecule has 9 heteroatoms. The van der Waals surface area contributed by atoms with Crippen LogP contribution in [0, 0.1) is 0 Å². The van der Waals surface area contributed by atoms with Gasteiger partial charge in [-0.25, -0.2) is 17.7 Å². The Morgan fingerprint density at radius 3 is 2.76 bits per heavy atom. The van der Waals surface area contributed by atoms with E-state index in [-0.39, 0.29) is 22.6 Å². The van der Waals surface area contributed by atoms with Crippen LogP contribution in [0.25, 0.3) is 11.1 Å². The van der Waals surface area contributed by atoms with Crippen LogP contribution in [-0.2, 0) is 14.8 Å². The molecule has 1 saturated carbocycles. The highest BCUT2D eigenvalue weighted by atomic mass is 32.2. The Morgan fingerprint density at radius 1 is 1.36 bits per heavy atom. The molecule has 0 atom stereocenters. The van der Waals surface area contributed by atoms with Crippen LogP contribution in [0.2, 0.25) is 0 Å². The van der Waals surface area contributed by atoms with Gasteiger partial charge in [-0.05, 0) is 31.0 Å². The second kappa shape index (κ2) is 7.35. The van der Waals surface area contributed by atoms with Crippen molar-refractivity contribution in [3.8, 4) is 0 Å². The summed E-state index contributed by atoms with van der Waals surface area (Å²) in [5, 5.41) is 3.37. The van der Waals surface area contributed by atoms with Gasteiger partial charge < -0.3 is 9.73 Å². The normalized spacial score (nSPS) is 16.0. The minimum Gasteiger partial charge on any atom is -0.431 e. The average Bonchev–Trinajstić information content (AvgIpc) is 3.20. The van der Waals surface area contributed by atoms with Crippen molar-refractivity contribution in [2.75, 3.05) is 19.8 Å². The molecule has 1 aromatic heterocycles. The first kappa shape index (κ1) is 18.2. The minimum absolute atomic E-state index is 0.0324. The van der Waals surface area contributed by atoms with E-state index in [0.717, 1.165) is 17.1 Å². The molecule has 1 aromatic carbocycles. The number of benzene rings is 1. The zero-order chi connectivity index (χ0) is 18.0. The molecule has 136 valence electrons. The van der Waals surface area contributed by atoms with Crippen molar-refractivity contribution >= 4 is 38.8 Å². The molecule has 1 aliphatic carbocycles. The number of rotatable bonds is 6. The van der Waals surface area contributed by atoms with Crippen molar-refractivity contribution in [3.05, 3.63) is 18.2 Å². The van der Waals surface area contributed by atoms with E-state index in [0.29, 0.717) is 16.3 Å². The first-order valence-electron chi connectivity index (χ1n) is 8.11. The maximum atomic E-state index is 12.2. The minimum atomic E-state index is -3.52. The molecule has 0 unspecified atom stereocenters. The number of hydrogen-bond donors (Lipinski definition) is 1. The van der Waals surface area contributed by atoms with Gasteiger partial charge in [0.2, 0.25) is 15.9 Å². The van der Waals surface area contributed by atoms with E-state index >= 15 is 0 Å². The summed E-state index contributed by atoms with van der Waals surface area (Å²) in [6.07, 6.45) is 4.42. The summed E-state index contributed by atoms with van der Waals surface area (Å²) in [4.78, 5) is 16.4. The SMILES string of the molecule is CN(C)S(=O)(=O)c1ccc2oc(SCC(=O)NC3CCCC3)nc2c1. The Balaban J connectivity index is 1.68. The number of hydrogen-bond acceptors (Lipinski definition) is 6. The van der Waals surface area contributed by atoms with E-state index in [1.807, 2.05) is 0 Å². The number of sulfonamides is 1. The third-order valence-electron chi connectivity index (χ3n) is 4.17. The van der Waals surface area contributed by atoms with Crippen LogP contribution in [0.5, 0.6) is 0 Å². The van der Waals surface area contributed by atoms with E-state index in [1.165, 1.54) is 50.8 Å². The summed E-state index contributed by atoms with van der Waals surface area (Å²) in [7, 11) is -0.560. The highest BCUT2D eigenvalue weighted by Gasteiger charge is 2.20. The molecular weight excluding hydrogens is 362 g/mol. The lowest BCUT2D eigenvalue weighted by atomic mass is 10.2. The fourth-order valence-electron chi connectivity index (χ4n) is 2.79. The maximum Gasteiger partial charge on any atom is 0.257 e. The molecule has 1 N–H and O–H groups in total. The lowest BCUT2D eigenvalue weighted by Gasteiger charge is -2.10. The molecule has 0 saturated heterocycles. The largest absolute Gasteiger partial charge is 0.431 e. The quantitative estimate of drug-likeness (QED) is 0.769. The fourth-order valence-corrected chi connectivity index (χ4v) is 4.36. The van der Waals surface area contributed by atoms with Gasteiger partial charge in [0.25, 0.3) is 5.22 Å². The molecule has 7 nitrogen and oxygen atoms in total. The predicted molar refractivity (Wildman–Crippen MR) is 96.0 cm³/mol. The van der Waals surface area contributed by atoms with Crippen LogP contribution >= 0.6 is 11.8 Å². The van der Waals surface area contributed by atoms with E-state index < -0.39 is 10.0 Å². The molecule has 0 aliphatic heterocycles. The van der Waals surface area contributed by atoms with Gasteiger partial charge in [-0.1, -0.05) is 24.6 Å². The van der Waals surface area contributed by atoms with Crippen LogP contribution < -0.4 is 5.32 Å². The molecule has 3 rings (SSSR count). The third kappa shape index (κ3) is 4.16. The highest BCUT2D eigenvalue weighted by Crippen LogP contribution is 2.26. The Hall–Kier alpha value is -1.58. The van der Waals surface area contributed by atoms with Crippen LogP contribution in [0.4, 0.5) is 0 Å². The van der Waals surface area contributed by atoms with Crippen LogP contribution in [0.1, 0.15) is 25.7 Å². The molecule has 0 radical (unpaired) electrons. The molecule has 2 aromatic rings. The van der Waals surface area contributed by atoms with E-state index in [1.54, 1.807) is 6.07 Å². The van der Waals surface area contributed by atoms with Crippen LogP contribution in [-0.4, -0.2) is 49.5 Å². The second-order valence-electron chi connectivity index (χ2n) is 6.23. The average molecular weight is 383 g/mol. The molecule has 25 heavy (non-hydrogen) atoms. The van der Waals surface area contributed by atoms with Gasteiger partial charge in [0, 0.05) is 20.1 Å². The van der Waals surface area contributed by atoms with E-state index in [2.05, 4.69) is 10.3 Å². The van der Waals surface area contributed by atoms with Gasteiger partial charge in [-0.3, -0.25) is 4.79 Å². The zero-order valence-corrected chi connectivity index (χ0v) is 15.8. The van der Waals surface area contributed by atoms with Crippen LogP contribution in [0.3, 0.4) is 0 Å².